The number of para-hydroxylation sites is 2. The molecular formula is C18H21N3O2. The van der Waals surface area contributed by atoms with Gasteiger partial charge in [-0.25, -0.2) is 4.98 Å². The Bertz CT molecular complexity index is 750. The molecule has 5 nitrogen and oxygen atoms in total. The molecule has 1 heterocycles. The van der Waals surface area contributed by atoms with Crippen LogP contribution < -0.4 is 14.8 Å². The van der Waals surface area contributed by atoms with Gasteiger partial charge in [-0.05, 0) is 30.3 Å². The number of nitrogens with one attached hydrogen (secondary N) is 2. The van der Waals surface area contributed by atoms with Crippen LogP contribution in [0.4, 0.5) is 0 Å². The average Bonchev–Trinajstić information content (AvgIpc) is 3.01. The first-order chi connectivity index (χ1) is 11.3. The van der Waals surface area contributed by atoms with Crippen LogP contribution in [0.25, 0.3) is 11.0 Å². The minimum Gasteiger partial charge on any atom is -0.497 e. The van der Waals surface area contributed by atoms with Gasteiger partial charge < -0.3 is 19.8 Å². The van der Waals surface area contributed by atoms with E-state index in [0.29, 0.717) is 0 Å². The predicted octanol–water partition coefficient (Wildman–Crippen LogP) is 2.91. The summed E-state index contributed by atoms with van der Waals surface area (Å²) < 4.78 is 10.7. The number of nitrogens with zero attached hydrogens (tertiary/aromatic N) is 1. The largest absolute Gasteiger partial charge is 0.497 e. The molecule has 0 fully saturated rings. The molecule has 5 heteroatoms. The summed E-state index contributed by atoms with van der Waals surface area (Å²) in [7, 11) is 3.35. The Morgan fingerprint density at radius 1 is 1.09 bits per heavy atom. The average molecular weight is 311 g/mol. The number of rotatable bonds is 7. The first-order valence-electron chi connectivity index (χ1n) is 7.65. The van der Waals surface area contributed by atoms with E-state index in [1.165, 1.54) is 0 Å². The molecule has 0 aliphatic rings. The van der Waals surface area contributed by atoms with Crippen molar-refractivity contribution in [3.63, 3.8) is 0 Å². The van der Waals surface area contributed by atoms with Gasteiger partial charge in [-0.2, -0.15) is 0 Å². The van der Waals surface area contributed by atoms with Crippen LogP contribution in [0.2, 0.25) is 0 Å². The number of aromatic amines is 1. The second kappa shape index (κ2) is 7.15. The third-order valence-corrected chi connectivity index (χ3v) is 3.78. The summed E-state index contributed by atoms with van der Waals surface area (Å²) in [6.45, 7) is 1.56. The molecule has 1 aromatic heterocycles. The maximum atomic E-state index is 5.39. The van der Waals surface area contributed by atoms with Gasteiger partial charge in [-0.15, -0.1) is 0 Å². The van der Waals surface area contributed by atoms with Crippen molar-refractivity contribution in [2.75, 3.05) is 20.8 Å². The number of hydrogen-bond acceptors (Lipinski definition) is 4. The van der Waals surface area contributed by atoms with Crippen LogP contribution >= 0.6 is 0 Å². The molecule has 23 heavy (non-hydrogen) atoms. The van der Waals surface area contributed by atoms with Crippen molar-refractivity contribution in [3.05, 3.63) is 53.9 Å². The summed E-state index contributed by atoms with van der Waals surface area (Å²) >= 11 is 0. The fraction of sp³-hybridized carbons (Fsp3) is 0.278. The number of benzene rings is 2. The van der Waals surface area contributed by atoms with Crippen molar-refractivity contribution in [1.82, 2.24) is 15.3 Å². The maximum absolute atomic E-state index is 5.39. The lowest BCUT2D eigenvalue weighted by Crippen LogP contribution is -2.17. The van der Waals surface area contributed by atoms with Crippen molar-refractivity contribution in [2.45, 2.75) is 13.0 Å². The summed E-state index contributed by atoms with van der Waals surface area (Å²) in [5.74, 6) is 2.69. The molecule has 0 radical (unpaired) electrons. The van der Waals surface area contributed by atoms with Gasteiger partial charge in [0.05, 0.1) is 25.3 Å². The molecule has 0 aliphatic heterocycles. The number of aromatic nitrogens is 2. The molecule has 0 saturated heterocycles. The topological polar surface area (TPSA) is 59.2 Å². The standard InChI is InChI=1S/C18H21N3O2/c1-22-14-7-8-17(23-2)13(11-14)12-19-10-9-18-20-15-5-3-4-6-16(15)21-18/h3-8,11,19H,9-10,12H2,1-2H3,(H,20,21). The highest BCUT2D eigenvalue weighted by molar-refractivity contribution is 5.74. The van der Waals surface area contributed by atoms with Gasteiger partial charge in [0.1, 0.15) is 17.3 Å². The monoisotopic (exact) mass is 311 g/mol. The highest BCUT2D eigenvalue weighted by Crippen LogP contribution is 2.23. The zero-order valence-electron chi connectivity index (χ0n) is 13.4. The molecule has 0 amide bonds. The molecule has 3 aromatic rings. The second-order valence-corrected chi connectivity index (χ2v) is 5.31. The smallest absolute Gasteiger partial charge is 0.123 e. The molecule has 0 saturated carbocycles. The van der Waals surface area contributed by atoms with E-state index < -0.39 is 0 Å². The molecule has 0 bridgehead atoms. The van der Waals surface area contributed by atoms with Crippen molar-refractivity contribution in [1.29, 1.82) is 0 Å². The lowest BCUT2D eigenvalue weighted by Gasteiger charge is -2.11. The molecule has 0 aliphatic carbocycles. The number of imidazole rings is 1. The molecular weight excluding hydrogens is 290 g/mol. The van der Waals surface area contributed by atoms with Crippen LogP contribution in [-0.4, -0.2) is 30.7 Å². The number of H-pyrrole nitrogens is 1. The third-order valence-electron chi connectivity index (χ3n) is 3.78. The van der Waals surface area contributed by atoms with Crippen molar-refractivity contribution in [3.8, 4) is 11.5 Å². The number of ether oxygens (including phenoxy) is 2. The highest BCUT2D eigenvalue weighted by Gasteiger charge is 2.05. The summed E-state index contributed by atoms with van der Waals surface area (Å²) in [4.78, 5) is 7.92. The molecule has 0 atom stereocenters. The van der Waals surface area contributed by atoms with E-state index in [0.717, 1.165) is 53.4 Å². The Morgan fingerprint density at radius 2 is 1.96 bits per heavy atom. The van der Waals surface area contributed by atoms with Crippen LogP contribution in [0, 0.1) is 0 Å². The Hall–Kier alpha value is -2.53. The van der Waals surface area contributed by atoms with Gasteiger partial charge in [0, 0.05) is 25.1 Å². The summed E-state index contributed by atoms with van der Waals surface area (Å²) in [5, 5.41) is 3.42. The zero-order valence-corrected chi connectivity index (χ0v) is 13.4. The zero-order chi connectivity index (χ0) is 16.1. The predicted molar refractivity (Wildman–Crippen MR) is 91.1 cm³/mol. The van der Waals surface area contributed by atoms with Gasteiger partial charge in [0.15, 0.2) is 0 Å². The lowest BCUT2D eigenvalue weighted by molar-refractivity contribution is 0.397. The van der Waals surface area contributed by atoms with Crippen molar-refractivity contribution in [2.24, 2.45) is 0 Å². The van der Waals surface area contributed by atoms with E-state index in [1.807, 2.05) is 42.5 Å². The Balaban J connectivity index is 1.57. The summed E-state index contributed by atoms with van der Waals surface area (Å²) in [6.07, 6.45) is 0.848. The van der Waals surface area contributed by atoms with Gasteiger partial charge in [-0.1, -0.05) is 12.1 Å². The van der Waals surface area contributed by atoms with E-state index in [1.54, 1.807) is 14.2 Å². The lowest BCUT2D eigenvalue weighted by atomic mass is 10.2. The van der Waals surface area contributed by atoms with Gasteiger partial charge >= 0.3 is 0 Å². The molecule has 0 unspecified atom stereocenters. The van der Waals surface area contributed by atoms with Gasteiger partial charge in [0.2, 0.25) is 0 Å². The second-order valence-electron chi connectivity index (χ2n) is 5.31. The Kier molecular flexibility index (Phi) is 4.78. The van der Waals surface area contributed by atoms with E-state index >= 15 is 0 Å². The molecule has 2 aromatic carbocycles. The quantitative estimate of drug-likeness (QED) is 0.659. The molecule has 120 valence electrons. The number of hydrogen-bond donors (Lipinski definition) is 2. The van der Waals surface area contributed by atoms with Crippen LogP contribution in [-0.2, 0) is 13.0 Å². The first kappa shape index (κ1) is 15.4. The Labute approximate surface area is 135 Å². The third kappa shape index (κ3) is 3.63. The first-order valence-corrected chi connectivity index (χ1v) is 7.65. The van der Waals surface area contributed by atoms with Gasteiger partial charge in [0.25, 0.3) is 0 Å². The Morgan fingerprint density at radius 3 is 2.74 bits per heavy atom. The highest BCUT2D eigenvalue weighted by atomic mass is 16.5. The fourth-order valence-corrected chi connectivity index (χ4v) is 2.57. The SMILES string of the molecule is COc1ccc(OC)c(CNCCc2nc3ccccc3[nH]2)c1. The number of fused-ring (bicyclic) bond motifs is 1. The fourth-order valence-electron chi connectivity index (χ4n) is 2.57. The summed E-state index contributed by atoms with van der Waals surface area (Å²) in [6, 6.07) is 13.9. The van der Waals surface area contributed by atoms with Crippen LogP contribution in [0.5, 0.6) is 11.5 Å². The van der Waals surface area contributed by atoms with E-state index in [4.69, 9.17) is 9.47 Å². The normalized spacial score (nSPS) is 10.9. The van der Waals surface area contributed by atoms with Crippen molar-refractivity contribution >= 4 is 11.0 Å². The van der Waals surface area contributed by atoms with E-state index in [9.17, 15) is 0 Å². The maximum Gasteiger partial charge on any atom is 0.123 e. The van der Waals surface area contributed by atoms with Crippen LogP contribution in [0.15, 0.2) is 42.5 Å². The minimum atomic E-state index is 0.723. The van der Waals surface area contributed by atoms with Crippen LogP contribution in [0.3, 0.4) is 0 Å². The molecule has 0 spiro atoms. The number of methoxy groups -OCH3 is 2. The molecule has 3 rings (SSSR count). The van der Waals surface area contributed by atoms with Crippen LogP contribution in [0.1, 0.15) is 11.4 Å². The van der Waals surface area contributed by atoms with E-state index in [2.05, 4.69) is 15.3 Å². The van der Waals surface area contributed by atoms with E-state index in [-0.39, 0.29) is 0 Å². The van der Waals surface area contributed by atoms with Crippen molar-refractivity contribution < 1.29 is 9.47 Å². The molecule has 2 N–H and O–H groups in total. The minimum absolute atomic E-state index is 0.723. The summed E-state index contributed by atoms with van der Waals surface area (Å²) in [5.41, 5.74) is 3.17. The van der Waals surface area contributed by atoms with Gasteiger partial charge in [-0.3, -0.25) is 0 Å².